The molecule has 0 aliphatic heterocycles. The molecule has 0 unspecified atom stereocenters. The lowest BCUT2D eigenvalue weighted by Gasteiger charge is -2.05. The Morgan fingerprint density at radius 2 is 1.11 bits per heavy atom. The van der Waals surface area contributed by atoms with Gasteiger partial charge in [0.05, 0.1) is 24.2 Å². The fourth-order valence-electron chi connectivity index (χ4n) is 1.77. The molecule has 0 aromatic heterocycles. The average molecular weight is 295 g/mol. The Bertz CT molecular complexity index is 253. The zero-order valence-electron chi connectivity index (χ0n) is 13.0. The topological polar surface area (TPSA) is 73.8 Å². The van der Waals surface area contributed by atoms with E-state index in [4.69, 9.17) is 0 Å². The predicted octanol–water partition coefficient (Wildman–Crippen LogP) is 2.26. The summed E-state index contributed by atoms with van der Waals surface area (Å²) in [6.07, 6.45) is 11.4. The molecule has 5 heteroatoms. The summed E-state index contributed by atoms with van der Waals surface area (Å²) in [5.74, 6) is -0.191. The summed E-state index contributed by atoms with van der Waals surface area (Å²) in [4.78, 5) is 0. The van der Waals surface area contributed by atoms with Crippen LogP contribution < -0.4 is 5.32 Å². The minimum absolute atomic E-state index is 0.191. The number of unbranched alkanes of at least 4 members (excludes halogenated alkanes) is 9. The van der Waals surface area contributed by atoms with Gasteiger partial charge in [-0.2, -0.15) is 0 Å². The first kappa shape index (κ1) is 21.2. The average Bonchev–Trinajstić information content (AvgIpc) is 2.31. The van der Waals surface area contributed by atoms with E-state index in [-0.39, 0.29) is 5.75 Å². The van der Waals surface area contributed by atoms with Crippen LogP contribution >= 0.6 is 0 Å². The maximum absolute atomic E-state index is 10.3. The highest BCUT2D eigenvalue weighted by molar-refractivity contribution is 7.85. The lowest BCUT2D eigenvalue weighted by molar-refractivity contribution is -0.597. The Morgan fingerprint density at radius 1 is 0.789 bits per heavy atom. The zero-order valence-corrected chi connectivity index (χ0v) is 13.8. The molecule has 19 heavy (non-hydrogen) atoms. The molecule has 0 rings (SSSR count). The fraction of sp³-hybridized carbons (Fsp3) is 1.00. The van der Waals surface area contributed by atoms with Gasteiger partial charge < -0.3 is 9.87 Å². The fourth-order valence-corrected chi connectivity index (χ4v) is 2.32. The van der Waals surface area contributed by atoms with Gasteiger partial charge in [0.15, 0.2) is 0 Å². The number of hydrogen-bond acceptors (Lipinski definition) is 3. The van der Waals surface area contributed by atoms with Crippen molar-refractivity contribution in [1.82, 2.24) is 0 Å². The van der Waals surface area contributed by atoms with Crippen molar-refractivity contribution in [2.24, 2.45) is 0 Å². The van der Waals surface area contributed by atoms with Crippen LogP contribution in [-0.4, -0.2) is 32.8 Å². The van der Waals surface area contributed by atoms with Crippen molar-refractivity contribution in [3.63, 3.8) is 0 Å². The monoisotopic (exact) mass is 295 g/mol. The summed E-state index contributed by atoms with van der Waals surface area (Å²) in [6, 6.07) is 0. The maximum atomic E-state index is 10.3. The first-order valence-corrected chi connectivity index (χ1v) is 9.23. The van der Waals surface area contributed by atoms with E-state index < -0.39 is 10.1 Å². The van der Waals surface area contributed by atoms with Gasteiger partial charge in [0.2, 0.25) is 0 Å². The normalized spacial score (nSPS) is 10.9. The number of hydrogen-bond donors (Lipinski definition) is 1. The summed E-state index contributed by atoms with van der Waals surface area (Å²) >= 11 is 0. The molecule has 0 radical (unpaired) electrons. The maximum Gasteiger partial charge on any atom is 0.0945 e. The number of quaternary nitrogens is 1. The second-order valence-corrected chi connectivity index (χ2v) is 6.54. The lowest BCUT2D eigenvalue weighted by atomic mass is 10.1. The number of rotatable bonds is 11. The van der Waals surface area contributed by atoms with Crippen LogP contribution in [0.1, 0.15) is 71.1 Å². The Hall–Kier alpha value is -0.130. The molecule has 0 atom stereocenters. The standard InChI is InChI=1S/C12H26O3S.C2H7N/c1-2-3-4-5-6-7-8-9-10-11-12-16(13,14)15;1-3-2/h2-12H2,1H3,(H,13,14,15);3H,1-2H3. The van der Waals surface area contributed by atoms with Crippen molar-refractivity contribution in [3.8, 4) is 0 Å². The molecule has 0 saturated carbocycles. The molecule has 0 spiro atoms. The molecule has 118 valence electrons. The van der Waals surface area contributed by atoms with Crippen LogP contribution in [0.5, 0.6) is 0 Å². The van der Waals surface area contributed by atoms with Gasteiger partial charge in [0, 0.05) is 5.75 Å². The van der Waals surface area contributed by atoms with E-state index in [2.05, 4.69) is 6.92 Å². The molecular weight excluding hydrogens is 262 g/mol. The largest absolute Gasteiger partial charge is 0.748 e. The van der Waals surface area contributed by atoms with Crippen LogP contribution in [0, 0.1) is 0 Å². The lowest BCUT2D eigenvalue weighted by Crippen LogP contribution is -2.74. The van der Waals surface area contributed by atoms with E-state index >= 15 is 0 Å². The van der Waals surface area contributed by atoms with Crippen molar-refractivity contribution in [2.45, 2.75) is 71.1 Å². The quantitative estimate of drug-likeness (QED) is 0.469. The van der Waals surface area contributed by atoms with E-state index in [0.29, 0.717) is 6.42 Å². The highest BCUT2D eigenvalue weighted by Gasteiger charge is 1.96. The molecule has 2 N–H and O–H groups in total. The third-order valence-corrected chi connectivity index (χ3v) is 3.54. The molecular formula is C14H33NO3S. The van der Waals surface area contributed by atoms with Crippen LogP contribution in [-0.2, 0) is 10.1 Å². The van der Waals surface area contributed by atoms with Crippen LogP contribution in [0.3, 0.4) is 0 Å². The molecule has 0 aromatic carbocycles. The van der Waals surface area contributed by atoms with Crippen molar-refractivity contribution in [2.75, 3.05) is 19.8 Å². The van der Waals surface area contributed by atoms with Gasteiger partial charge in [-0.25, -0.2) is 8.42 Å². The van der Waals surface area contributed by atoms with Crippen LogP contribution in [0.25, 0.3) is 0 Å². The third-order valence-electron chi connectivity index (χ3n) is 2.75. The van der Waals surface area contributed by atoms with E-state index in [0.717, 1.165) is 12.8 Å². The first-order chi connectivity index (χ1) is 8.97. The molecule has 0 amide bonds. The summed E-state index contributed by atoms with van der Waals surface area (Å²) in [5, 5.41) is 2.00. The smallest absolute Gasteiger partial charge is 0.0945 e. The van der Waals surface area contributed by atoms with Gasteiger partial charge >= 0.3 is 0 Å². The Morgan fingerprint density at radius 3 is 1.42 bits per heavy atom. The Kier molecular flexibility index (Phi) is 17.7. The number of nitrogens with two attached hydrogens (primary N) is 1. The second kappa shape index (κ2) is 15.9. The van der Waals surface area contributed by atoms with Crippen molar-refractivity contribution >= 4 is 10.1 Å². The summed E-state index contributed by atoms with van der Waals surface area (Å²) in [5.41, 5.74) is 0. The summed E-state index contributed by atoms with van der Waals surface area (Å²) in [7, 11) is 0.0182. The molecule has 0 heterocycles. The SMILES string of the molecule is CCCCCCCCCCCCS(=O)(=O)[O-].C[NH2+]C. The van der Waals surface area contributed by atoms with E-state index in [1.165, 1.54) is 44.9 Å². The molecule has 0 aromatic rings. The molecule has 0 bridgehead atoms. The van der Waals surface area contributed by atoms with Gasteiger partial charge in [0.1, 0.15) is 0 Å². The van der Waals surface area contributed by atoms with Gasteiger partial charge in [-0.15, -0.1) is 0 Å². The summed E-state index contributed by atoms with van der Waals surface area (Å²) < 4.78 is 30.9. The first-order valence-electron chi connectivity index (χ1n) is 7.65. The van der Waals surface area contributed by atoms with Gasteiger partial charge in [-0.05, 0) is 6.42 Å². The minimum Gasteiger partial charge on any atom is -0.748 e. The van der Waals surface area contributed by atoms with Gasteiger partial charge in [-0.1, -0.05) is 64.7 Å². The molecule has 0 saturated heterocycles. The minimum atomic E-state index is -3.98. The predicted molar refractivity (Wildman–Crippen MR) is 80.2 cm³/mol. The van der Waals surface area contributed by atoms with E-state index in [9.17, 15) is 13.0 Å². The van der Waals surface area contributed by atoms with E-state index in [1.54, 1.807) is 0 Å². The van der Waals surface area contributed by atoms with Crippen LogP contribution in [0.4, 0.5) is 0 Å². The van der Waals surface area contributed by atoms with Crippen molar-refractivity contribution in [3.05, 3.63) is 0 Å². The van der Waals surface area contributed by atoms with Crippen LogP contribution in [0.15, 0.2) is 0 Å². The molecule has 0 fully saturated rings. The van der Waals surface area contributed by atoms with Crippen molar-refractivity contribution in [1.29, 1.82) is 0 Å². The highest BCUT2D eigenvalue weighted by atomic mass is 32.2. The Labute approximate surface area is 120 Å². The summed E-state index contributed by atoms with van der Waals surface area (Å²) in [6.45, 7) is 2.21. The molecule has 4 nitrogen and oxygen atoms in total. The Balaban J connectivity index is 0. The van der Waals surface area contributed by atoms with Gasteiger partial charge in [-0.3, -0.25) is 0 Å². The second-order valence-electron chi connectivity index (χ2n) is 5.02. The molecule has 0 aliphatic rings. The third kappa shape index (κ3) is 27.2. The van der Waals surface area contributed by atoms with Crippen LogP contribution in [0.2, 0.25) is 0 Å². The zero-order chi connectivity index (χ0) is 15.0. The van der Waals surface area contributed by atoms with Crippen molar-refractivity contribution < 1.29 is 18.3 Å². The van der Waals surface area contributed by atoms with Gasteiger partial charge in [0.25, 0.3) is 0 Å². The molecule has 0 aliphatic carbocycles. The highest BCUT2D eigenvalue weighted by Crippen LogP contribution is 2.10. The van der Waals surface area contributed by atoms with E-state index in [1.807, 2.05) is 19.4 Å².